The van der Waals surface area contributed by atoms with Gasteiger partial charge in [0.05, 0.1) is 11.4 Å². The van der Waals surface area contributed by atoms with Crippen LogP contribution in [0.25, 0.3) is 5.57 Å². The summed E-state index contributed by atoms with van der Waals surface area (Å²) < 4.78 is 13.1. The lowest BCUT2D eigenvalue weighted by atomic mass is 9.94. The van der Waals surface area contributed by atoms with Gasteiger partial charge >= 0.3 is 0 Å². The average molecular weight is 281 g/mol. The molecule has 0 atom stereocenters. The van der Waals surface area contributed by atoms with Crippen molar-refractivity contribution in [3.05, 3.63) is 70.9 Å². The van der Waals surface area contributed by atoms with Gasteiger partial charge in [-0.15, -0.1) is 0 Å². The van der Waals surface area contributed by atoms with Gasteiger partial charge in [0.25, 0.3) is 0 Å². The highest BCUT2D eigenvalue weighted by Gasteiger charge is 2.14. The van der Waals surface area contributed by atoms with Crippen LogP contribution in [0.3, 0.4) is 0 Å². The Bertz CT molecular complexity index is 727. The first-order valence-electron chi connectivity index (χ1n) is 6.66. The van der Waals surface area contributed by atoms with E-state index in [1.807, 2.05) is 26.0 Å². The first kappa shape index (κ1) is 14.9. The minimum Gasteiger partial charge on any atom is -0.294 e. The molecule has 0 saturated carbocycles. The summed E-state index contributed by atoms with van der Waals surface area (Å²) in [7, 11) is 0. The summed E-state index contributed by atoms with van der Waals surface area (Å²) in [5, 5.41) is 0. The van der Waals surface area contributed by atoms with Gasteiger partial charge in [0, 0.05) is 5.57 Å². The van der Waals surface area contributed by atoms with Gasteiger partial charge in [0.1, 0.15) is 5.82 Å². The van der Waals surface area contributed by atoms with Crippen molar-refractivity contribution in [2.45, 2.75) is 20.8 Å². The van der Waals surface area contributed by atoms with E-state index >= 15 is 0 Å². The van der Waals surface area contributed by atoms with Gasteiger partial charge in [-0.25, -0.2) is 9.38 Å². The molecule has 0 saturated heterocycles. The standard InChI is InChI=1S/C18H16FNO/c1-12-6-4-5-7-17(20-12)13(2)18(14(3)21)15-8-10-16(19)11-9-15/h4-5,7-11H,1-3H3/b18-13-. The fraction of sp³-hybridized carbons (Fsp3) is 0.167. The highest BCUT2D eigenvalue weighted by atomic mass is 19.1. The summed E-state index contributed by atoms with van der Waals surface area (Å²) in [6.45, 7) is 5.20. The summed E-state index contributed by atoms with van der Waals surface area (Å²) in [4.78, 5) is 16.5. The molecule has 0 spiro atoms. The molecule has 0 fully saturated rings. The number of ketones is 1. The zero-order chi connectivity index (χ0) is 15.4. The number of allylic oxidation sites excluding steroid dienone is 5. The molecule has 0 aliphatic carbocycles. The van der Waals surface area contributed by atoms with Crippen molar-refractivity contribution < 1.29 is 9.18 Å². The number of hydrogen-bond donors (Lipinski definition) is 0. The molecule has 1 aliphatic heterocycles. The smallest absolute Gasteiger partial charge is 0.160 e. The predicted molar refractivity (Wildman–Crippen MR) is 83.5 cm³/mol. The van der Waals surface area contributed by atoms with E-state index in [2.05, 4.69) is 10.7 Å². The van der Waals surface area contributed by atoms with Crippen LogP contribution in [0.4, 0.5) is 4.39 Å². The van der Waals surface area contributed by atoms with Gasteiger partial charge in [-0.3, -0.25) is 4.79 Å². The first-order chi connectivity index (χ1) is 9.99. The molecule has 0 amide bonds. The van der Waals surface area contributed by atoms with Crippen LogP contribution in [0.5, 0.6) is 0 Å². The second kappa shape index (κ2) is 6.29. The minimum absolute atomic E-state index is 0.0750. The van der Waals surface area contributed by atoms with E-state index in [9.17, 15) is 9.18 Å². The zero-order valence-corrected chi connectivity index (χ0v) is 12.3. The number of carbonyl (C=O) groups is 1. The maximum absolute atomic E-state index is 13.1. The van der Waals surface area contributed by atoms with Crippen LogP contribution in [0.15, 0.2) is 64.5 Å². The van der Waals surface area contributed by atoms with E-state index in [1.165, 1.54) is 19.1 Å². The van der Waals surface area contributed by atoms with Crippen LogP contribution in [0.2, 0.25) is 0 Å². The summed E-state index contributed by atoms with van der Waals surface area (Å²) in [6.07, 6.45) is 5.46. The van der Waals surface area contributed by atoms with Crippen LogP contribution >= 0.6 is 0 Å². The zero-order valence-electron chi connectivity index (χ0n) is 12.3. The molecule has 1 heterocycles. The number of benzene rings is 1. The topological polar surface area (TPSA) is 29.4 Å². The van der Waals surface area contributed by atoms with E-state index in [4.69, 9.17) is 0 Å². The van der Waals surface area contributed by atoms with Crippen molar-refractivity contribution in [3.8, 4) is 0 Å². The molecule has 0 unspecified atom stereocenters. The summed E-state index contributed by atoms with van der Waals surface area (Å²) in [5.74, 6) is -0.400. The van der Waals surface area contributed by atoms with Gasteiger partial charge in [0.15, 0.2) is 5.78 Å². The maximum atomic E-state index is 13.1. The number of nitrogens with zero attached hydrogens (tertiary/aromatic N) is 1. The van der Waals surface area contributed by atoms with Crippen molar-refractivity contribution >= 4 is 17.1 Å². The third-order valence-corrected chi connectivity index (χ3v) is 3.17. The van der Waals surface area contributed by atoms with Crippen molar-refractivity contribution in [1.82, 2.24) is 0 Å². The molecule has 21 heavy (non-hydrogen) atoms. The van der Waals surface area contributed by atoms with Crippen LogP contribution in [0.1, 0.15) is 26.3 Å². The van der Waals surface area contributed by atoms with Crippen LogP contribution in [-0.2, 0) is 4.79 Å². The van der Waals surface area contributed by atoms with Crippen molar-refractivity contribution in [2.24, 2.45) is 4.99 Å². The number of halogens is 1. The van der Waals surface area contributed by atoms with E-state index in [0.29, 0.717) is 16.8 Å². The minimum atomic E-state index is -0.325. The Labute approximate surface area is 123 Å². The van der Waals surface area contributed by atoms with Crippen LogP contribution in [-0.4, -0.2) is 11.5 Å². The van der Waals surface area contributed by atoms with Crippen molar-refractivity contribution in [3.63, 3.8) is 0 Å². The van der Waals surface area contributed by atoms with Crippen molar-refractivity contribution in [1.29, 1.82) is 0 Å². The monoisotopic (exact) mass is 281 g/mol. The summed E-state index contributed by atoms with van der Waals surface area (Å²) in [6, 6.07) is 5.92. The number of carbonyl (C=O) groups excluding carboxylic acids is 1. The first-order valence-corrected chi connectivity index (χ1v) is 6.66. The second-order valence-corrected chi connectivity index (χ2v) is 4.82. The molecule has 106 valence electrons. The van der Waals surface area contributed by atoms with Gasteiger partial charge < -0.3 is 0 Å². The molecule has 0 N–H and O–H groups in total. The largest absolute Gasteiger partial charge is 0.294 e. The average Bonchev–Trinajstić information content (AvgIpc) is 2.65. The second-order valence-electron chi connectivity index (χ2n) is 4.82. The number of Topliss-reactive ketones (excluding diaryl/α,β-unsaturated/α-hetero) is 1. The van der Waals surface area contributed by atoms with E-state index < -0.39 is 0 Å². The Balaban J connectivity index is 2.57. The molecule has 2 rings (SSSR count). The third-order valence-electron chi connectivity index (χ3n) is 3.17. The molecule has 1 aromatic rings. The molecular formula is C18H16FNO. The summed E-state index contributed by atoms with van der Waals surface area (Å²) >= 11 is 0. The fourth-order valence-corrected chi connectivity index (χ4v) is 2.20. The summed E-state index contributed by atoms with van der Waals surface area (Å²) in [5.41, 5.74) is 6.47. The third kappa shape index (κ3) is 3.53. The lowest BCUT2D eigenvalue weighted by molar-refractivity contribution is -0.111. The molecule has 3 heteroatoms. The lowest BCUT2D eigenvalue weighted by Gasteiger charge is -2.10. The number of rotatable bonds is 3. The maximum Gasteiger partial charge on any atom is 0.160 e. The Hall–Kier alpha value is -2.51. The number of hydrogen-bond acceptors (Lipinski definition) is 2. The molecule has 2 nitrogen and oxygen atoms in total. The molecule has 1 aromatic carbocycles. The van der Waals surface area contributed by atoms with Gasteiger partial charge in [0.2, 0.25) is 0 Å². The Morgan fingerprint density at radius 2 is 1.86 bits per heavy atom. The number of aliphatic imine (C=N–C) groups is 1. The van der Waals surface area contributed by atoms with Crippen LogP contribution in [0, 0.1) is 5.82 Å². The van der Waals surface area contributed by atoms with Gasteiger partial charge in [-0.1, -0.05) is 23.9 Å². The molecule has 1 aliphatic rings. The van der Waals surface area contributed by atoms with Crippen LogP contribution < -0.4 is 0 Å². The Morgan fingerprint density at radius 1 is 1.19 bits per heavy atom. The predicted octanol–water partition coefficient (Wildman–Crippen LogP) is 4.26. The van der Waals surface area contributed by atoms with Gasteiger partial charge in [-0.2, -0.15) is 0 Å². The normalized spacial score (nSPS) is 15.0. The molecule has 0 radical (unpaired) electrons. The fourth-order valence-electron chi connectivity index (χ4n) is 2.20. The van der Waals surface area contributed by atoms with Gasteiger partial charge in [-0.05, 0) is 56.2 Å². The Morgan fingerprint density at radius 3 is 2.48 bits per heavy atom. The lowest BCUT2D eigenvalue weighted by Crippen LogP contribution is -2.06. The SMILES string of the molecule is CC(=O)/C(=C(\C)C1=NC(C)=C=CC=C1)c1ccc(F)cc1. The van der Waals surface area contributed by atoms with E-state index in [1.54, 1.807) is 18.2 Å². The van der Waals surface area contributed by atoms with E-state index in [-0.39, 0.29) is 11.6 Å². The molecule has 0 bridgehead atoms. The highest BCUT2D eigenvalue weighted by Crippen LogP contribution is 2.22. The highest BCUT2D eigenvalue weighted by molar-refractivity contribution is 6.28. The quantitative estimate of drug-likeness (QED) is 0.601. The molecular weight excluding hydrogens is 265 g/mol. The van der Waals surface area contributed by atoms with E-state index in [0.717, 1.165) is 11.3 Å². The van der Waals surface area contributed by atoms with Crippen molar-refractivity contribution in [2.75, 3.05) is 0 Å². The molecule has 0 aromatic heterocycles. The Kier molecular flexibility index (Phi) is 4.46.